The van der Waals surface area contributed by atoms with Crippen LogP contribution in [0.2, 0.25) is 0 Å². The molecule has 3 heteroatoms. The van der Waals surface area contributed by atoms with Gasteiger partial charge < -0.3 is 5.32 Å². The molecule has 3 nitrogen and oxygen atoms in total. The van der Waals surface area contributed by atoms with Crippen LogP contribution in [0, 0.1) is 17.2 Å². The molecule has 0 aromatic rings. The Bertz CT molecular complexity index is 223. The number of hydrogen-bond acceptors (Lipinski definition) is 3. The molecule has 92 valence electrons. The van der Waals surface area contributed by atoms with Gasteiger partial charge in [0.2, 0.25) is 0 Å². The number of hydrogen-bond donors (Lipinski definition) is 1. The summed E-state index contributed by atoms with van der Waals surface area (Å²) in [6.07, 6.45) is 5.86. The van der Waals surface area contributed by atoms with Crippen LogP contribution in [0.15, 0.2) is 11.6 Å². The van der Waals surface area contributed by atoms with Crippen molar-refractivity contribution in [3.8, 4) is 6.07 Å². The SMILES string of the molecule is CC.CCCNC.N#C/C(C=O)=C\C1CC1. The number of nitrogens with zero attached hydrogens (tertiary/aromatic N) is 1. The fourth-order valence-electron chi connectivity index (χ4n) is 0.870. The van der Waals surface area contributed by atoms with E-state index in [1.165, 1.54) is 6.42 Å². The molecule has 0 atom stereocenters. The van der Waals surface area contributed by atoms with Crippen LogP contribution in [0.5, 0.6) is 0 Å². The summed E-state index contributed by atoms with van der Waals surface area (Å²) >= 11 is 0. The molecular weight excluding hydrogens is 200 g/mol. The Labute approximate surface area is 99.5 Å². The average Bonchev–Trinajstić information content (AvgIpc) is 3.14. The van der Waals surface area contributed by atoms with Crippen molar-refractivity contribution in [2.45, 2.75) is 40.0 Å². The van der Waals surface area contributed by atoms with Gasteiger partial charge in [0.15, 0.2) is 6.29 Å². The Morgan fingerprint density at radius 3 is 2.25 bits per heavy atom. The lowest BCUT2D eigenvalue weighted by Gasteiger charge is -1.84. The first kappa shape index (κ1) is 17.3. The van der Waals surface area contributed by atoms with E-state index >= 15 is 0 Å². The van der Waals surface area contributed by atoms with Gasteiger partial charge >= 0.3 is 0 Å². The smallest absolute Gasteiger partial charge is 0.160 e. The first-order valence-corrected chi connectivity index (χ1v) is 6.00. The monoisotopic (exact) mass is 224 g/mol. The molecule has 1 fully saturated rings. The lowest BCUT2D eigenvalue weighted by Crippen LogP contribution is -2.04. The van der Waals surface area contributed by atoms with E-state index in [0.29, 0.717) is 12.2 Å². The number of carbonyl (C=O) groups is 1. The third-order valence-electron chi connectivity index (χ3n) is 1.79. The second-order valence-electron chi connectivity index (χ2n) is 3.29. The number of nitrogens with one attached hydrogen (secondary N) is 1. The van der Waals surface area contributed by atoms with Crippen LogP contribution in [0.4, 0.5) is 0 Å². The molecule has 0 spiro atoms. The molecule has 0 aliphatic heterocycles. The standard InChI is InChI=1S/C7H7NO.C4H11N.C2H6/c8-4-7(5-9)3-6-1-2-6;1-3-4-5-2;1-2/h3,5-6H,1-2H2;5H,3-4H2,1-2H3;1-2H3/b7-3+;;. The first-order valence-electron chi connectivity index (χ1n) is 6.00. The minimum absolute atomic E-state index is 0.275. The summed E-state index contributed by atoms with van der Waals surface area (Å²) < 4.78 is 0. The van der Waals surface area contributed by atoms with Crippen molar-refractivity contribution < 1.29 is 4.79 Å². The molecular formula is C13H24N2O. The van der Waals surface area contributed by atoms with Crippen molar-refractivity contribution in [1.82, 2.24) is 5.32 Å². The molecule has 16 heavy (non-hydrogen) atoms. The van der Waals surface area contributed by atoms with Crippen LogP contribution < -0.4 is 5.32 Å². The van der Waals surface area contributed by atoms with Gasteiger partial charge in [0.05, 0.1) is 5.57 Å². The molecule has 0 bridgehead atoms. The van der Waals surface area contributed by atoms with Gasteiger partial charge in [-0.3, -0.25) is 4.79 Å². The molecule has 1 aliphatic carbocycles. The van der Waals surface area contributed by atoms with Gasteiger partial charge in [-0.15, -0.1) is 0 Å². The fraction of sp³-hybridized carbons (Fsp3) is 0.692. The van der Waals surface area contributed by atoms with E-state index in [1.54, 1.807) is 6.08 Å². The van der Waals surface area contributed by atoms with E-state index < -0.39 is 0 Å². The predicted molar refractivity (Wildman–Crippen MR) is 68.0 cm³/mol. The van der Waals surface area contributed by atoms with Crippen LogP contribution in [-0.2, 0) is 4.79 Å². The lowest BCUT2D eigenvalue weighted by atomic mass is 10.2. The van der Waals surface area contributed by atoms with Crippen molar-refractivity contribution in [3.05, 3.63) is 11.6 Å². The first-order chi connectivity index (χ1) is 7.78. The summed E-state index contributed by atoms with van der Waals surface area (Å²) in [6.45, 7) is 7.29. The topological polar surface area (TPSA) is 52.9 Å². The summed E-state index contributed by atoms with van der Waals surface area (Å²) in [7, 11) is 1.96. The van der Waals surface area contributed by atoms with E-state index in [-0.39, 0.29) is 5.57 Å². The molecule has 0 aromatic heterocycles. The van der Waals surface area contributed by atoms with Gasteiger partial charge in [0, 0.05) is 0 Å². The van der Waals surface area contributed by atoms with Crippen LogP contribution >= 0.6 is 0 Å². The third-order valence-corrected chi connectivity index (χ3v) is 1.79. The summed E-state index contributed by atoms with van der Waals surface area (Å²) in [4.78, 5) is 10.0. The van der Waals surface area contributed by atoms with Crippen molar-refractivity contribution in [2.24, 2.45) is 5.92 Å². The second-order valence-corrected chi connectivity index (χ2v) is 3.29. The van der Waals surface area contributed by atoms with Gasteiger partial charge in [0.25, 0.3) is 0 Å². The van der Waals surface area contributed by atoms with Crippen molar-refractivity contribution >= 4 is 6.29 Å². The Hall–Kier alpha value is -1.14. The van der Waals surface area contributed by atoms with Gasteiger partial charge in [-0.2, -0.15) is 5.26 Å². The van der Waals surface area contributed by atoms with E-state index in [0.717, 1.165) is 19.4 Å². The molecule has 1 rings (SSSR count). The van der Waals surface area contributed by atoms with E-state index in [9.17, 15) is 4.79 Å². The van der Waals surface area contributed by atoms with E-state index in [4.69, 9.17) is 5.26 Å². The van der Waals surface area contributed by atoms with Gasteiger partial charge in [-0.25, -0.2) is 0 Å². The second kappa shape index (κ2) is 13.9. The number of rotatable bonds is 4. The molecule has 0 saturated heterocycles. The summed E-state index contributed by atoms with van der Waals surface area (Å²) in [5, 5.41) is 11.3. The molecule has 0 unspecified atom stereocenters. The number of carbonyl (C=O) groups excluding carboxylic acids is 1. The Morgan fingerprint density at radius 1 is 1.50 bits per heavy atom. The highest BCUT2D eigenvalue weighted by molar-refractivity contribution is 5.78. The third kappa shape index (κ3) is 12.9. The average molecular weight is 224 g/mol. The highest BCUT2D eigenvalue weighted by Gasteiger charge is 2.18. The van der Waals surface area contributed by atoms with Crippen molar-refractivity contribution in [3.63, 3.8) is 0 Å². The van der Waals surface area contributed by atoms with Crippen molar-refractivity contribution in [2.75, 3.05) is 13.6 Å². The molecule has 0 amide bonds. The zero-order chi connectivity index (χ0) is 12.8. The molecule has 0 aromatic carbocycles. The highest BCUT2D eigenvalue weighted by Crippen LogP contribution is 2.30. The highest BCUT2D eigenvalue weighted by atomic mass is 16.1. The Balaban J connectivity index is 0. The Kier molecular flexibility index (Phi) is 15.0. The normalized spacial score (nSPS) is 13.6. The quantitative estimate of drug-likeness (QED) is 0.454. The zero-order valence-electron chi connectivity index (χ0n) is 10.9. The minimum Gasteiger partial charge on any atom is -0.320 e. The maximum atomic E-state index is 10.0. The fourth-order valence-corrected chi connectivity index (χ4v) is 0.870. The maximum absolute atomic E-state index is 10.0. The van der Waals surface area contributed by atoms with Gasteiger partial charge in [0.1, 0.15) is 6.07 Å². The molecule has 0 radical (unpaired) electrons. The molecule has 1 aliphatic rings. The summed E-state index contributed by atoms with van der Waals surface area (Å²) in [5.74, 6) is 0.518. The number of nitriles is 1. The lowest BCUT2D eigenvalue weighted by molar-refractivity contribution is -0.104. The van der Waals surface area contributed by atoms with Gasteiger partial charge in [-0.05, 0) is 38.8 Å². The largest absolute Gasteiger partial charge is 0.320 e. The molecule has 1 saturated carbocycles. The predicted octanol–water partition coefficient (Wildman–Crippen LogP) is 2.69. The summed E-state index contributed by atoms with van der Waals surface area (Å²) in [6, 6.07) is 1.82. The van der Waals surface area contributed by atoms with E-state index in [1.807, 2.05) is 27.0 Å². The van der Waals surface area contributed by atoms with Crippen molar-refractivity contribution in [1.29, 1.82) is 5.26 Å². The molecule has 1 N–H and O–H groups in total. The summed E-state index contributed by atoms with van der Waals surface area (Å²) in [5.41, 5.74) is 0.275. The van der Waals surface area contributed by atoms with Gasteiger partial charge in [-0.1, -0.05) is 26.8 Å². The zero-order valence-corrected chi connectivity index (χ0v) is 10.9. The maximum Gasteiger partial charge on any atom is 0.160 e. The number of allylic oxidation sites excluding steroid dienone is 2. The minimum atomic E-state index is 0.275. The van der Waals surface area contributed by atoms with Crippen LogP contribution in [0.1, 0.15) is 40.0 Å². The molecule has 0 heterocycles. The number of aldehydes is 1. The van der Waals surface area contributed by atoms with Crippen LogP contribution in [0.25, 0.3) is 0 Å². The van der Waals surface area contributed by atoms with Crippen LogP contribution in [-0.4, -0.2) is 19.9 Å². The van der Waals surface area contributed by atoms with E-state index in [2.05, 4.69) is 12.2 Å². The Morgan fingerprint density at radius 2 is 2.06 bits per heavy atom. The van der Waals surface area contributed by atoms with Crippen LogP contribution in [0.3, 0.4) is 0 Å².